The average molecular weight is 361 g/mol. The number of aliphatic hydroxyl groups is 1. The summed E-state index contributed by atoms with van der Waals surface area (Å²) in [5, 5.41) is 19.1. The summed E-state index contributed by atoms with van der Waals surface area (Å²) in [7, 11) is 0. The number of carbonyl (C=O) groups excluding carboxylic acids is 1. The highest BCUT2D eigenvalue weighted by Crippen LogP contribution is 2.25. The molecule has 5 heteroatoms. The molecule has 18 heavy (non-hydrogen) atoms. The van der Waals surface area contributed by atoms with Gasteiger partial charge in [0.15, 0.2) is 0 Å². The number of carbonyl (C=O) groups is 1. The third-order valence-corrected chi connectivity index (χ3v) is 3.96. The van der Waals surface area contributed by atoms with E-state index >= 15 is 0 Å². The van der Waals surface area contributed by atoms with Crippen LogP contribution < -0.4 is 0 Å². The van der Waals surface area contributed by atoms with Crippen LogP contribution in [0.2, 0.25) is 0 Å². The summed E-state index contributed by atoms with van der Waals surface area (Å²) in [6.45, 7) is 0.630. The quantitative estimate of drug-likeness (QED) is 0.792. The zero-order valence-electron chi connectivity index (χ0n) is 9.97. The summed E-state index contributed by atoms with van der Waals surface area (Å²) in [6, 6.07) is 4.85. The number of aliphatic hydroxyl groups excluding tert-OH is 1. The van der Waals surface area contributed by atoms with Crippen molar-refractivity contribution in [3.8, 4) is 5.75 Å². The van der Waals surface area contributed by atoms with Crippen LogP contribution in [0.25, 0.3) is 0 Å². The molecule has 0 radical (unpaired) electrons. The van der Waals surface area contributed by atoms with Gasteiger partial charge in [0, 0.05) is 10.1 Å². The van der Waals surface area contributed by atoms with Crippen LogP contribution in [0.5, 0.6) is 5.75 Å². The first kappa shape index (κ1) is 13.6. The Balaban J connectivity index is 2.26. The smallest absolute Gasteiger partial charge is 0.257 e. The second-order valence-corrected chi connectivity index (χ2v) is 5.74. The minimum Gasteiger partial charge on any atom is -0.507 e. The topological polar surface area (TPSA) is 60.8 Å². The van der Waals surface area contributed by atoms with Gasteiger partial charge in [0.25, 0.3) is 5.91 Å². The number of halogens is 1. The van der Waals surface area contributed by atoms with Crippen molar-refractivity contribution in [2.24, 2.45) is 0 Å². The predicted octanol–water partition coefficient (Wildman–Crippen LogP) is 1.98. The van der Waals surface area contributed by atoms with Gasteiger partial charge in [-0.1, -0.05) is 0 Å². The fourth-order valence-corrected chi connectivity index (χ4v) is 2.78. The van der Waals surface area contributed by atoms with Gasteiger partial charge in [0.05, 0.1) is 18.2 Å². The third kappa shape index (κ3) is 2.77. The lowest BCUT2D eigenvalue weighted by molar-refractivity contribution is 0.0500. The van der Waals surface area contributed by atoms with Crippen LogP contribution in [-0.2, 0) is 0 Å². The molecule has 98 valence electrons. The molecule has 0 aliphatic carbocycles. The van der Waals surface area contributed by atoms with Crippen LogP contribution in [0, 0.1) is 3.57 Å². The van der Waals surface area contributed by atoms with Crippen LogP contribution in [0.4, 0.5) is 0 Å². The summed E-state index contributed by atoms with van der Waals surface area (Å²) < 4.78 is 0.909. The summed E-state index contributed by atoms with van der Waals surface area (Å²) >= 11 is 2.11. The van der Waals surface area contributed by atoms with E-state index < -0.39 is 0 Å². The van der Waals surface area contributed by atoms with E-state index in [0.717, 1.165) is 22.8 Å². The van der Waals surface area contributed by atoms with Gasteiger partial charge in [0.2, 0.25) is 0 Å². The second kappa shape index (κ2) is 5.88. The molecule has 1 saturated heterocycles. The van der Waals surface area contributed by atoms with E-state index in [4.69, 9.17) is 0 Å². The number of benzene rings is 1. The van der Waals surface area contributed by atoms with E-state index in [-0.39, 0.29) is 24.3 Å². The van der Waals surface area contributed by atoms with Gasteiger partial charge in [-0.15, -0.1) is 0 Å². The first-order valence-corrected chi connectivity index (χ1v) is 7.11. The minimum absolute atomic E-state index is 0.00248. The first-order chi connectivity index (χ1) is 8.63. The van der Waals surface area contributed by atoms with Crippen molar-refractivity contribution in [2.75, 3.05) is 13.2 Å². The van der Waals surface area contributed by atoms with Crippen molar-refractivity contribution < 1.29 is 15.0 Å². The number of nitrogens with zero attached hydrogens (tertiary/aromatic N) is 1. The monoisotopic (exact) mass is 361 g/mol. The molecule has 0 aromatic heterocycles. The number of phenolic OH excluding ortho intramolecular Hbond substituents is 1. The van der Waals surface area contributed by atoms with E-state index in [0.29, 0.717) is 12.1 Å². The third-order valence-electron chi connectivity index (χ3n) is 3.29. The summed E-state index contributed by atoms with van der Waals surface area (Å²) in [4.78, 5) is 14.1. The number of likely N-dealkylation sites (tertiary alicyclic amines) is 1. The number of hydrogen-bond donors (Lipinski definition) is 2. The summed E-state index contributed by atoms with van der Waals surface area (Å²) in [5.74, 6) is -0.188. The van der Waals surface area contributed by atoms with Gasteiger partial charge in [-0.25, -0.2) is 0 Å². The van der Waals surface area contributed by atoms with E-state index in [1.54, 1.807) is 17.0 Å². The van der Waals surface area contributed by atoms with Crippen LogP contribution >= 0.6 is 22.6 Å². The lowest BCUT2D eigenvalue weighted by Crippen LogP contribution is -2.45. The van der Waals surface area contributed by atoms with Gasteiger partial charge < -0.3 is 15.1 Å². The zero-order chi connectivity index (χ0) is 13.1. The fraction of sp³-hybridized carbons (Fsp3) is 0.462. The van der Waals surface area contributed by atoms with Gasteiger partial charge in [-0.2, -0.15) is 0 Å². The van der Waals surface area contributed by atoms with Crippen molar-refractivity contribution in [1.29, 1.82) is 0 Å². The molecule has 1 aliphatic heterocycles. The molecule has 0 spiro atoms. The Kier molecular flexibility index (Phi) is 4.45. The Morgan fingerprint density at radius 2 is 2.22 bits per heavy atom. The first-order valence-electron chi connectivity index (χ1n) is 6.04. The normalized spacial score (nSPS) is 19.9. The molecule has 1 amide bonds. The summed E-state index contributed by atoms with van der Waals surface area (Å²) in [6.07, 6.45) is 2.81. The number of rotatable bonds is 2. The zero-order valence-corrected chi connectivity index (χ0v) is 12.1. The Bertz CT molecular complexity index is 450. The molecular weight excluding hydrogens is 345 g/mol. The number of phenols is 1. The maximum absolute atomic E-state index is 12.4. The van der Waals surface area contributed by atoms with Crippen molar-refractivity contribution >= 4 is 28.5 Å². The van der Waals surface area contributed by atoms with Crippen LogP contribution in [-0.4, -0.2) is 40.2 Å². The van der Waals surface area contributed by atoms with Gasteiger partial charge in [-0.3, -0.25) is 4.79 Å². The standard InChI is InChI=1S/C13H16INO3/c14-9-4-5-12(17)11(7-9)13(18)15-6-2-1-3-10(15)8-16/h4-5,7,10,16-17H,1-3,6,8H2. The van der Waals surface area contributed by atoms with Gasteiger partial charge >= 0.3 is 0 Å². The van der Waals surface area contributed by atoms with Crippen LogP contribution in [0.1, 0.15) is 29.6 Å². The van der Waals surface area contributed by atoms with Crippen molar-refractivity contribution in [2.45, 2.75) is 25.3 Å². The van der Waals surface area contributed by atoms with E-state index in [1.807, 2.05) is 0 Å². The van der Waals surface area contributed by atoms with Crippen LogP contribution in [0.15, 0.2) is 18.2 Å². The highest BCUT2D eigenvalue weighted by molar-refractivity contribution is 14.1. The number of piperidine rings is 1. The highest BCUT2D eigenvalue weighted by atomic mass is 127. The number of amides is 1. The lowest BCUT2D eigenvalue weighted by Gasteiger charge is -2.34. The molecule has 1 aromatic carbocycles. The van der Waals surface area contributed by atoms with Crippen molar-refractivity contribution in [3.63, 3.8) is 0 Å². The van der Waals surface area contributed by atoms with Gasteiger partial charge in [0.1, 0.15) is 5.75 Å². The second-order valence-electron chi connectivity index (χ2n) is 4.49. The van der Waals surface area contributed by atoms with Crippen molar-refractivity contribution in [3.05, 3.63) is 27.3 Å². The van der Waals surface area contributed by atoms with Gasteiger partial charge in [-0.05, 0) is 60.1 Å². The lowest BCUT2D eigenvalue weighted by atomic mass is 10.0. The Hall–Kier alpha value is -0.820. The largest absolute Gasteiger partial charge is 0.507 e. The maximum Gasteiger partial charge on any atom is 0.257 e. The molecule has 1 fully saturated rings. The van der Waals surface area contributed by atoms with E-state index in [2.05, 4.69) is 22.6 Å². The number of aromatic hydroxyl groups is 1. The molecule has 2 rings (SSSR count). The Morgan fingerprint density at radius 3 is 2.94 bits per heavy atom. The molecule has 1 heterocycles. The molecule has 1 atom stereocenters. The maximum atomic E-state index is 12.4. The predicted molar refractivity (Wildman–Crippen MR) is 76.6 cm³/mol. The SMILES string of the molecule is O=C(c1cc(I)ccc1O)N1CCCCC1CO. The Labute approximate surface area is 120 Å². The van der Waals surface area contributed by atoms with Crippen molar-refractivity contribution in [1.82, 2.24) is 4.90 Å². The minimum atomic E-state index is -0.190. The molecule has 1 unspecified atom stereocenters. The molecule has 1 aliphatic rings. The van der Waals surface area contributed by atoms with Crippen LogP contribution in [0.3, 0.4) is 0 Å². The molecule has 4 nitrogen and oxygen atoms in total. The molecule has 0 bridgehead atoms. The number of hydrogen-bond acceptors (Lipinski definition) is 3. The molecule has 2 N–H and O–H groups in total. The highest BCUT2D eigenvalue weighted by Gasteiger charge is 2.28. The average Bonchev–Trinajstić information content (AvgIpc) is 2.40. The van der Waals surface area contributed by atoms with E-state index in [9.17, 15) is 15.0 Å². The summed E-state index contributed by atoms with van der Waals surface area (Å²) in [5.41, 5.74) is 0.322. The Morgan fingerprint density at radius 1 is 1.44 bits per heavy atom. The molecular formula is C13H16INO3. The van der Waals surface area contributed by atoms with E-state index in [1.165, 1.54) is 6.07 Å². The molecule has 1 aromatic rings. The molecule has 0 saturated carbocycles. The fourth-order valence-electron chi connectivity index (χ4n) is 2.29.